The van der Waals surface area contributed by atoms with Gasteiger partial charge in [0.1, 0.15) is 0 Å². The molecule has 0 aliphatic heterocycles. The van der Waals surface area contributed by atoms with Crippen LogP contribution in [0.25, 0.3) is 0 Å². The molecule has 0 aromatic rings. The van der Waals surface area contributed by atoms with Crippen molar-refractivity contribution in [2.45, 2.75) is 27.7 Å². The molecule has 0 aliphatic rings. The molecule has 0 radical (unpaired) electrons. The number of amidine groups is 1. The van der Waals surface area contributed by atoms with Crippen molar-refractivity contribution in [3.05, 3.63) is 46.5 Å². The molecule has 25 heavy (non-hydrogen) atoms. The first kappa shape index (κ1) is 22.8. The van der Waals surface area contributed by atoms with Crippen molar-refractivity contribution in [1.82, 2.24) is 0 Å². The minimum atomic E-state index is -0.320. The standard InChI is InChI=1S/C18H27ClFN5/c1-5-13(3)16(8-7-14(4)20)18(25-12-21)24-11-15(10-23-6-2)17(22)9-19/h5,7-8,10,12H,6,9,11,22H2,1-4H3,(H2,21,24,25)/b13-5-,14-7+,16-8+,17-15?,23-10?. The van der Waals surface area contributed by atoms with E-state index in [1.807, 2.05) is 26.8 Å². The highest BCUT2D eigenvalue weighted by Gasteiger charge is 2.08. The van der Waals surface area contributed by atoms with Crippen molar-refractivity contribution in [2.75, 3.05) is 19.0 Å². The highest BCUT2D eigenvalue weighted by atomic mass is 35.5. The molecule has 0 atom stereocenters. The number of hydrogen-bond donors (Lipinski definition) is 2. The summed E-state index contributed by atoms with van der Waals surface area (Å²) in [6.07, 6.45) is 7.66. The number of hydrogen-bond acceptors (Lipinski definition) is 3. The zero-order chi connectivity index (χ0) is 19.2. The van der Waals surface area contributed by atoms with Gasteiger partial charge in [-0.3, -0.25) is 9.98 Å². The van der Waals surface area contributed by atoms with Crippen LogP contribution >= 0.6 is 11.6 Å². The highest BCUT2D eigenvalue weighted by Crippen LogP contribution is 2.15. The Bertz CT molecular complexity index is 636. The molecule has 0 unspecified atom stereocenters. The van der Waals surface area contributed by atoms with Crippen LogP contribution in [0.2, 0.25) is 0 Å². The molecule has 0 saturated carbocycles. The molecule has 0 heterocycles. The topological polar surface area (TPSA) is 89.1 Å². The highest BCUT2D eigenvalue weighted by molar-refractivity contribution is 6.19. The number of aliphatic imine (C=N–C) groups is 3. The van der Waals surface area contributed by atoms with Gasteiger partial charge in [-0.2, -0.15) is 0 Å². The molecule has 138 valence electrons. The van der Waals surface area contributed by atoms with Gasteiger partial charge in [-0.15, -0.1) is 11.6 Å². The van der Waals surface area contributed by atoms with Crippen molar-refractivity contribution in [2.24, 2.45) is 26.4 Å². The lowest BCUT2D eigenvalue weighted by molar-refractivity contribution is 0.640. The molecule has 4 N–H and O–H groups in total. The van der Waals surface area contributed by atoms with Gasteiger partial charge < -0.3 is 11.5 Å². The lowest BCUT2D eigenvalue weighted by Crippen LogP contribution is -2.11. The van der Waals surface area contributed by atoms with Gasteiger partial charge in [0.05, 0.1) is 24.6 Å². The zero-order valence-electron chi connectivity index (χ0n) is 15.3. The molecule has 0 fully saturated rings. The fourth-order valence-electron chi connectivity index (χ4n) is 1.67. The van der Waals surface area contributed by atoms with Gasteiger partial charge in [0.15, 0.2) is 5.84 Å². The Kier molecular flexibility index (Phi) is 12.0. The fraction of sp³-hybridized carbons (Fsp3) is 0.389. The summed E-state index contributed by atoms with van der Waals surface area (Å²) in [6, 6.07) is 0. The summed E-state index contributed by atoms with van der Waals surface area (Å²) in [5, 5.41) is 0. The van der Waals surface area contributed by atoms with Crippen molar-refractivity contribution in [1.29, 1.82) is 0 Å². The summed E-state index contributed by atoms with van der Waals surface area (Å²) < 4.78 is 13.1. The van der Waals surface area contributed by atoms with Crippen LogP contribution in [0.3, 0.4) is 0 Å². The maximum absolute atomic E-state index is 13.1. The molecular formula is C18H27ClFN5. The van der Waals surface area contributed by atoms with Crippen LogP contribution in [-0.4, -0.2) is 37.4 Å². The number of nitrogens with two attached hydrogens (primary N) is 2. The van der Waals surface area contributed by atoms with Crippen molar-refractivity contribution < 1.29 is 4.39 Å². The van der Waals surface area contributed by atoms with E-state index in [1.54, 1.807) is 12.3 Å². The van der Waals surface area contributed by atoms with Crippen LogP contribution in [0.4, 0.5) is 4.39 Å². The average Bonchev–Trinajstić information content (AvgIpc) is 2.60. The van der Waals surface area contributed by atoms with Gasteiger partial charge in [-0.05, 0) is 45.4 Å². The van der Waals surface area contributed by atoms with Gasteiger partial charge >= 0.3 is 0 Å². The molecule has 0 saturated heterocycles. The molecule has 0 spiro atoms. The predicted molar refractivity (Wildman–Crippen MR) is 108 cm³/mol. The molecule has 0 aromatic carbocycles. The molecular weight excluding hydrogens is 341 g/mol. The maximum Gasteiger partial charge on any atom is 0.156 e. The van der Waals surface area contributed by atoms with E-state index in [9.17, 15) is 4.39 Å². The Balaban J connectivity index is 5.98. The van der Waals surface area contributed by atoms with E-state index in [1.165, 1.54) is 13.0 Å². The first-order valence-electron chi connectivity index (χ1n) is 7.90. The smallest absolute Gasteiger partial charge is 0.156 e. The lowest BCUT2D eigenvalue weighted by Gasteiger charge is -2.09. The Morgan fingerprint density at radius 1 is 1.24 bits per heavy atom. The Labute approximate surface area is 154 Å². The van der Waals surface area contributed by atoms with E-state index in [-0.39, 0.29) is 18.3 Å². The van der Waals surface area contributed by atoms with Crippen LogP contribution in [-0.2, 0) is 0 Å². The molecule has 0 rings (SSSR count). The summed E-state index contributed by atoms with van der Waals surface area (Å²) in [7, 11) is 0. The van der Waals surface area contributed by atoms with E-state index in [0.717, 1.165) is 11.9 Å². The van der Waals surface area contributed by atoms with Crippen LogP contribution < -0.4 is 11.5 Å². The zero-order valence-corrected chi connectivity index (χ0v) is 16.0. The van der Waals surface area contributed by atoms with Gasteiger partial charge in [-0.1, -0.05) is 6.08 Å². The minimum Gasteiger partial charge on any atom is -0.401 e. The van der Waals surface area contributed by atoms with Gasteiger partial charge in [0.25, 0.3) is 0 Å². The second-order valence-electron chi connectivity index (χ2n) is 5.04. The Morgan fingerprint density at radius 3 is 2.40 bits per heavy atom. The number of halogens is 2. The molecule has 0 aliphatic carbocycles. The third-order valence-corrected chi connectivity index (χ3v) is 3.45. The van der Waals surface area contributed by atoms with Crippen molar-refractivity contribution in [3.63, 3.8) is 0 Å². The lowest BCUT2D eigenvalue weighted by atomic mass is 10.1. The summed E-state index contributed by atoms with van der Waals surface area (Å²) in [4.78, 5) is 12.8. The summed E-state index contributed by atoms with van der Waals surface area (Å²) in [5.41, 5.74) is 14.1. The third kappa shape index (κ3) is 9.00. The summed E-state index contributed by atoms with van der Waals surface area (Å²) in [6.45, 7) is 7.91. The SMILES string of the molecule is C\C=C(C)/C(=C\C=C(/C)F)C(N=CN)=NCC(C=NCC)=C(N)CCl. The summed E-state index contributed by atoms with van der Waals surface area (Å²) in [5.74, 6) is 0.232. The monoisotopic (exact) mass is 367 g/mol. The number of allylic oxidation sites excluding steroid dienone is 5. The first-order valence-corrected chi connectivity index (χ1v) is 8.44. The largest absolute Gasteiger partial charge is 0.401 e. The van der Waals surface area contributed by atoms with Gasteiger partial charge in [0, 0.05) is 29.6 Å². The minimum absolute atomic E-state index is 0.177. The fourth-order valence-corrected chi connectivity index (χ4v) is 1.85. The number of alkyl halides is 1. The second kappa shape index (κ2) is 13.1. The summed E-state index contributed by atoms with van der Waals surface area (Å²) >= 11 is 5.81. The van der Waals surface area contributed by atoms with E-state index in [4.69, 9.17) is 23.1 Å². The number of rotatable bonds is 8. The van der Waals surface area contributed by atoms with Crippen LogP contribution in [0.5, 0.6) is 0 Å². The normalized spacial score (nSPS) is 16.1. The quantitative estimate of drug-likeness (QED) is 0.296. The van der Waals surface area contributed by atoms with Crippen LogP contribution in [0, 0.1) is 0 Å². The van der Waals surface area contributed by atoms with Crippen molar-refractivity contribution in [3.8, 4) is 0 Å². The van der Waals surface area contributed by atoms with Gasteiger partial charge in [-0.25, -0.2) is 9.38 Å². The van der Waals surface area contributed by atoms with Crippen LogP contribution in [0.15, 0.2) is 61.4 Å². The first-order chi connectivity index (χ1) is 11.9. The molecule has 0 amide bonds. The van der Waals surface area contributed by atoms with Crippen molar-refractivity contribution >= 4 is 30.0 Å². The van der Waals surface area contributed by atoms with E-state index < -0.39 is 0 Å². The number of nitrogens with zero attached hydrogens (tertiary/aromatic N) is 3. The third-order valence-electron chi connectivity index (χ3n) is 3.16. The predicted octanol–water partition coefficient (Wildman–Crippen LogP) is 3.68. The van der Waals surface area contributed by atoms with E-state index in [2.05, 4.69) is 15.0 Å². The maximum atomic E-state index is 13.1. The molecule has 0 aromatic heterocycles. The van der Waals surface area contributed by atoms with E-state index >= 15 is 0 Å². The Morgan fingerprint density at radius 2 is 1.92 bits per heavy atom. The van der Waals surface area contributed by atoms with Gasteiger partial charge in [0.2, 0.25) is 0 Å². The molecule has 0 bridgehead atoms. The average molecular weight is 368 g/mol. The Hall–Kier alpha value is -2.21. The van der Waals surface area contributed by atoms with Crippen LogP contribution in [0.1, 0.15) is 27.7 Å². The molecule has 5 nitrogen and oxygen atoms in total. The second-order valence-corrected chi connectivity index (χ2v) is 5.30. The molecule has 7 heteroatoms. The van der Waals surface area contributed by atoms with E-state index in [0.29, 0.717) is 29.2 Å².